The van der Waals surface area contributed by atoms with Crippen LogP contribution in [0.2, 0.25) is 0 Å². The lowest BCUT2D eigenvalue weighted by molar-refractivity contribution is -0.142. The van der Waals surface area contributed by atoms with Gasteiger partial charge in [-0.15, -0.1) is 0 Å². The molecule has 5 heteroatoms. The van der Waals surface area contributed by atoms with Crippen LogP contribution in [0, 0.1) is 0 Å². The minimum Gasteiger partial charge on any atom is -0.496 e. The van der Waals surface area contributed by atoms with Crippen molar-refractivity contribution in [1.29, 1.82) is 0 Å². The summed E-state index contributed by atoms with van der Waals surface area (Å²) >= 11 is 0. The Morgan fingerprint density at radius 1 is 1.19 bits per heavy atom. The molecule has 0 amide bonds. The molecular weight excluding hydrogens is 210 g/mol. The van der Waals surface area contributed by atoms with Gasteiger partial charge in [-0.1, -0.05) is 6.07 Å². The first-order chi connectivity index (χ1) is 7.65. The maximum Gasteiger partial charge on any atom is 0.327 e. The van der Waals surface area contributed by atoms with E-state index in [0.717, 1.165) is 0 Å². The molecule has 0 unspecified atom stereocenters. The molecule has 88 valence electrons. The minimum absolute atomic E-state index is 0.486. The lowest BCUT2D eigenvalue weighted by atomic mass is 10.1. The highest BCUT2D eigenvalue weighted by Gasteiger charge is 2.24. The van der Waals surface area contributed by atoms with E-state index in [0.29, 0.717) is 17.1 Å². The van der Waals surface area contributed by atoms with Crippen molar-refractivity contribution in [3.63, 3.8) is 0 Å². The molecule has 1 rings (SSSR count). The van der Waals surface area contributed by atoms with E-state index >= 15 is 0 Å². The highest BCUT2D eigenvalue weighted by Crippen LogP contribution is 2.33. The van der Waals surface area contributed by atoms with E-state index in [4.69, 9.17) is 15.2 Å². The molecule has 0 spiro atoms. The summed E-state index contributed by atoms with van der Waals surface area (Å²) in [6, 6.07) is 4.25. The molecule has 0 aliphatic carbocycles. The molecule has 0 bridgehead atoms. The lowest BCUT2D eigenvalue weighted by Crippen LogP contribution is -2.23. The van der Waals surface area contributed by atoms with Crippen LogP contribution in [0.4, 0.5) is 0 Å². The van der Waals surface area contributed by atoms with Gasteiger partial charge in [-0.05, 0) is 12.1 Å². The Morgan fingerprint density at radius 2 is 1.69 bits per heavy atom. The maximum atomic E-state index is 11.4. The van der Waals surface area contributed by atoms with Crippen LogP contribution in [0.1, 0.15) is 11.6 Å². The molecule has 1 aromatic carbocycles. The summed E-state index contributed by atoms with van der Waals surface area (Å²) in [6.07, 6.45) is 0. The Balaban J connectivity index is 3.22. The Labute approximate surface area is 94.1 Å². The van der Waals surface area contributed by atoms with Crippen molar-refractivity contribution >= 4 is 5.97 Å². The molecule has 0 heterocycles. The highest BCUT2D eigenvalue weighted by molar-refractivity contribution is 5.79. The molecule has 0 aliphatic rings. The molecule has 5 nitrogen and oxygen atoms in total. The van der Waals surface area contributed by atoms with Crippen LogP contribution in [0.25, 0.3) is 0 Å². The number of hydrogen-bond acceptors (Lipinski definition) is 5. The van der Waals surface area contributed by atoms with Gasteiger partial charge in [0.05, 0.1) is 26.9 Å². The molecule has 0 radical (unpaired) electrons. The molecule has 1 atom stereocenters. The first kappa shape index (κ1) is 12.3. The van der Waals surface area contributed by atoms with E-state index in [1.807, 2.05) is 0 Å². The fourth-order valence-electron chi connectivity index (χ4n) is 1.43. The van der Waals surface area contributed by atoms with E-state index < -0.39 is 12.0 Å². The third-order valence-electron chi connectivity index (χ3n) is 2.23. The van der Waals surface area contributed by atoms with Crippen molar-refractivity contribution in [2.45, 2.75) is 6.04 Å². The van der Waals surface area contributed by atoms with Crippen molar-refractivity contribution < 1.29 is 19.0 Å². The van der Waals surface area contributed by atoms with Crippen molar-refractivity contribution in [2.75, 3.05) is 21.3 Å². The molecule has 0 aromatic heterocycles. The number of benzene rings is 1. The molecule has 0 aliphatic heterocycles. The van der Waals surface area contributed by atoms with Gasteiger partial charge < -0.3 is 19.9 Å². The first-order valence-corrected chi connectivity index (χ1v) is 4.70. The molecular formula is C11H15NO4. The molecule has 0 saturated carbocycles. The number of ether oxygens (including phenoxy) is 3. The number of esters is 1. The summed E-state index contributed by atoms with van der Waals surface area (Å²) in [5.74, 6) is 0.456. The molecule has 0 saturated heterocycles. The number of carbonyl (C=O) groups is 1. The number of methoxy groups -OCH3 is 3. The zero-order valence-corrected chi connectivity index (χ0v) is 9.52. The Bertz CT molecular complexity index is 356. The molecule has 2 N–H and O–H groups in total. The van der Waals surface area contributed by atoms with Crippen molar-refractivity contribution in [1.82, 2.24) is 0 Å². The van der Waals surface area contributed by atoms with Crippen molar-refractivity contribution in [3.05, 3.63) is 23.8 Å². The van der Waals surface area contributed by atoms with Gasteiger partial charge in [-0.25, -0.2) is 4.79 Å². The minimum atomic E-state index is -0.920. The summed E-state index contributed by atoms with van der Waals surface area (Å²) in [5, 5.41) is 0. The molecule has 0 fully saturated rings. The second kappa shape index (κ2) is 5.37. The van der Waals surface area contributed by atoms with Crippen LogP contribution < -0.4 is 15.2 Å². The van der Waals surface area contributed by atoms with Crippen LogP contribution in [-0.4, -0.2) is 27.3 Å². The van der Waals surface area contributed by atoms with Gasteiger partial charge in [0.2, 0.25) is 0 Å². The predicted molar refractivity (Wildman–Crippen MR) is 58.5 cm³/mol. The monoisotopic (exact) mass is 225 g/mol. The number of carbonyl (C=O) groups excluding carboxylic acids is 1. The summed E-state index contributed by atoms with van der Waals surface area (Å²) in [6.45, 7) is 0. The number of hydrogen-bond donors (Lipinski definition) is 1. The number of nitrogens with two attached hydrogens (primary N) is 1. The standard InChI is InChI=1S/C11H15NO4/c1-14-7-5-4-6-8(15-2)9(7)10(12)11(13)16-3/h4-6,10H,12H2,1-3H3/t10-/m1/s1. The summed E-state index contributed by atoms with van der Waals surface area (Å²) < 4.78 is 14.9. The van der Waals surface area contributed by atoms with E-state index in [1.165, 1.54) is 21.3 Å². The van der Waals surface area contributed by atoms with Gasteiger partial charge in [0.1, 0.15) is 17.5 Å². The van der Waals surface area contributed by atoms with Gasteiger partial charge in [0.15, 0.2) is 0 Å². The molecule has 16 heavy (non-hydrogen) atoms. The van der Waals surface area contributed by atoms with E-state index in [1.54, 1.807) is 18.2 Å². The average Bonchev–Trinajstić information content (AvgIpc) is 2.35. The summed E-state index contributed by atoms with van der Waals surface area (Å²) in [7, 11) is 4.29. The average molecular weight is 225 g/mol. The summed E-state index contributed by atoms with van der Waals surface area (Å²) in [5.41, 5.74) is 6.25. The SMILES string of the molecule is COC(=O)[C@H](N)c1c(OC)cccc1OC. The van der Waals surface area contributed by atoms with E-state index in [2.05, 4.69) is 4.74 Å². The van der Waals surface area contributed by atoms with Crippen LogP contribution in [-0.2, 0) is 9.53 Å². The Hall–Kier alpha value is -1.75. The van der Waals surface area contributed by atoms with Crippen molar-refractivity contribution in [2.24, 2.45) is 5.73 Å². The van der Waals surface area contributed by atoms with Gasteiger partial charge >= 0.3 is 5.97 Å². The van der Waals surface area contributed by atoms with Crippen LogP contribution >= 0.6 is 0 Å². The van der Waals surface area contributed by atoms with Crippen molar-refractivity contribution in [3.8, 4) is 11.5 Å². The summed E-state index contributed by atoms with van der Waals surface area (Å²) in [4.78, 5) is 11.4. The quantitative estimate of drug-likeness (QED) is 0.770. The van der Waals surface area contributed by atoms with Crippen LogP contribution in [0.3, 0.4) is 0 Å². The highest BCUT2D eigenvalue weighted by atomic mass is 16.5. The second-order valence-corrected chi connectivity index (χ2v) is 3.08. The zero-order chi connectivity index (χ0) is 12.1. The predicted octanol–water partition coefficient (Wildman–Crippen LogP) is 0.877. The topological polar surface area (TPSA) is 70.8 Å². The van der Waals surface area contributed by atoms with E-state index in [9.17, 15) is 4.79 Å². The van der Waals surface area contributed by atoms with Crippen LogP contribution in [0.5, 0.6) is 11.5 Å². The molecule has 1 aromatic rings. The lowest BCUT2D eigenvalue weighted by Gasteiger charge is -2.16. The second-order valence-electron chi connectivity index (χ2n) is 3.08. The van der Waals surface area contributed by atoms with Crippen LogP contribution in [0.15, 0.2) is 18.2 Å². The van der Waals surface area contributed by atoms with Gasteiger partial charge in [-0.2, -0.15) is 0 Å². The number of rotatable bonds is 4. The largest absolute Gasteiger partial charge is 0.496 e. The fraction of sp³-hybridized carbons (Fsp3) is 0.364. The first-order valence-electron chi connectivity index (χ1n) is 4.70. The third-order valence-corrected chi connectivity index (χ3v) is 2.23. The van der Waals surface area contributed by atoms with E-state index in [-0.39, 0.29) is 0 Å². The zero-order valence-electron chi connectivity index (χ0n) is 9.52. The van der Waals surface area contributed by atoms with Gasteiger partial charge in [-0.3, -0.25) is 0 Å². The third kappa shape index (κ3) is 2.25. The fourth-order valence-corrected chi connectivity index (χ4v) is 1.43. The Morgan fingerprint density at radius 3 is 2.06 bits per heavy atom. The Kier molecular flexibility index (Phi) is 4.13. The smallest absolute Gasteiger partial charge is 0.327 e. The normalized spacial score (nSPS) is 11.8. The maximum absolute atomic E-state index is 11.4. The van der Waals surface area contributed by atoms with Gasteiger partial charge in [0, 0.05) is 0 Å². The van der Waals surface area contributed by atoms with Gasteiger partial charge in [0.25, 0.3) is 0 Å².